The number of rotatable bonds is 3. The topological polar surface area (TPSA) is 72.2 Å². The van der Waals surface area contributed by atoms with Gasteiger partial charge in [0.25, 0.3) is 5.56 Å². The molecule has 146 valence electrons. The van der Waals surface area contributed by atoms with E-state index in [1.165, 1.54) is 11.1 Å². The van der Waals surface area contributed by atoms with E-state index < -0.39 is 11.2 Å². The fourth-order valence-corrected chi connectivity index (χ4v) is 3.80. The highest BCUT2D eigenvalue weighted by Crippen LogP contribution is 2.25. The van der Waals surface area contributed by atoms with Crippen LogP contribution in [0.25, 0.3) is 16.6 Å². The largest absolute Gasteiger partial charge is 0.349 e. The molecular weight excluding hydrogens is 364 g/mol. The maximum Gasteiger partial charge on any atom is 0.349 e. The van der Waals surface area contributed by atoms with Gasteiger partial charge in [0.1, 0.15) is 0 Å². The summed E-state index contributed by atoms with van der Waals surface area (Å²) >= 11 is 0. The minimum absolute atomic E-state index is 0.422. The monoisotopic (exact) mass is 386 g/mol. The summed E-state index contributed by atoms with van der Waals surface area (Å²) < 4.78 is 3.05. The smallest absolute Gasteiger partial charge is 0.317 e. The lowest BCUT2D eigenvalue weighted by atomic mass is 10.1. The summed E-state index contributed by atoms with van der Waals surface area (Å²) in [5, 5.41) is 4.62. The fourth-order valence-electron chi connectivity index (χ4n) is 3.80. The number of para-hydroxylation sites is 2. The molecule has 0 atom stereocenters. The van der Waals surface area contributed by atoms with E-state index in [4.69, 9.17) is 0 Å². The minimum Gasteiger partial charge on any atom is -0.317 e. The normalized spacial score (nSPS) is 11.6. The highest BCUT2D eigenvalue weighted by molar-refractivity contribution is 5.82. The van der Waals surface area contributed by atoms with E-state index in [2.05, 4.69) is 40.6 Å². The number of aromatic amines is 1. The SMILES string of the molecule is Cc1cccc(C)c1-n1c(C)cc(C=Nn2c(=O)[nH]c3ccccc3c2=O)c1C. The van der Waals surface area contributed by atoms with Gasteiger partial charge < -0.3 is 9.55 Å². The van der Waals surface area contributed by atoms with E-state index in [1.54, 1.807) is 30.5 Å². The predicted octanol–water partition coefficient (Wildman–Crippen LogP) is 3.60. The third kappa shape index (κ3) is 3.12. The third-order valence-corrected chi connectivity index (χ3v) is 5.23. The summed E-state index contributed by atoms with van der Waals surface area (Å²) in [6.07, 6.45) is 1.57. The van der Waals surface area contributed by atoms with Crippen molar-refractivity contribution in [1.29, 1.82) is 0 Å². The Balaban J connectivity index is 1.83. The number of H-pyrrole nitrogens is 1. The van der Waals surface area contributed by atoms with Crippen LogP contribution in [0.5, 0.6) is 0 Å². The molecule has 1 N–H and O–H groups in total. The Kier molecular flexibility index (Phi) is 4.54. The number of fused-ring (bicyclic) bond motifs is 1. The molecule has 0 spiro atoms. The van der Waals surface area contributed by atoms with E-state index in [-0.39, 0.29) is 0 Å². The van der Waals surface area contributed by atoms with Gasteiger partial charge in [0, 0.05) is 17.0 Å². The quantitative estimate of drug-likeness (QED) is 0.547. The fraction of sp³-hybridized carbons (Fsp3) is 0.174. The zero-order valence-electron chi connectivity index (χ0n) is 16.9. The molecule has 0 aliphatic rings. The van der Waals surface area contributed by atoms with Gasteiger partial charge in [-0.05, 0) is 57.0 Å². The summed E-state index contributed by atoms with van der Waals surface area (Å²) in [6.45, 7) is 8.21. The van der Waals surface area contributed by atoms with Crippen LogP contribution in [0.3, 0.4) is 0 Å². The summed E-state index contributed by atoms with van der Waals surface area (Å²) in [4.78, 5) is 27.7. The first-order chi connectivity index (χ1) is 13.9. The molecule has 2 aromatic carbocycles. The molecule has 2 aromatic heterocycles. The van der Waals surface area contributed by atoms with Crippen molar-refractivity contribution < 1.29 is 0 Å². The molecule has 0 amide bonds. The van der Waals surface area contributed by atoms with Gasteiger partial charge in [-0.3, -0.25) is 4.79 Å². The lowest BCUT2D eigenvalue weighted by molar-refractivity contribution is 0.771. The number of aryl methyl sites for hydroxylation is 3. The Hall–Kier alpha value is -3.67. The lowest BCUT2D eigenvalue weighted by Crippen LogP contribution is -2.32. The van der Waals surface area contributed by atoms with Crippen LogP contribution >= 0.6 is 0 Å². The number of aromatic nitrogens is 3. The molecule has 0 aliphatic heterocycles. The molecule has 0 aliphatic carbocycles. The molecule has 29 heavy (non-hydrogen) atoms. The standard InChI is InChI=1S/C23H22N4O2/c1-14-8-7-9-15(2)21(14)26-16(3)12-18(17(26)4)13-24-27-22(28)19-10-5-6-11-20(19)25-23(27)29/h5-13H,1-4H3,(H,25,29). The van der Waals surface area contributed by atoms with Crippen LogP contribution < -0.4 is 11.2 Å². The van der Waals surface area contributed by atoms with Crippen LogP contribution in [-0.2, 0) is 0 Å². The van der Waals surface area contributed by atoms with Crippen molar-refractivity contribution in [2.24, 2.45) is 5.10 Å². The van der Waals surface area contributed by atoms with E-state index in [1.807, 2.05) is 26.0 Å². The molecule has 0 bridgehead atoms. The van der Waals surface area contributed by atoms with Gasteiger partial charge >= 0.3 is 5.69 Å². The third-order valence-electron chi connectivity index (χ3n) is 5.23. The maximum atomic E-state index is 12.7. The summed E-state index contributed by atoms with van der Waals surface area (Å²) in [5.41, 5.74) is 5.90. The van der Waals surface area contributed by atoms with Crippen molar-refractivity contribution in [1.82, 2.24) is 14.2 Å². The Morgan fingerprint density at radius 2 is 1.62 bits per heavy atom. The summed E-state index contributed by atoms with van der Waals surface area (Å²) in [6, 6.07) is 15.1. The number of benzene rings is 2. The second kappa shape index (κ2) is 7.05. The number of nitrogens with one attached hydrogen (secondary N) is 1. The molecule has 0 radical (unpaired) electrons. The van der Waals surface area contributed by atoms with Gasteiger partial charge in [0.15, 0.2) is 0 Å². The average molecular weight is 386 g/mol. The van der Waals surface area contributed by atoms with E-state index >= 15 is 0 Å². The highest BCUT2D eigenvalue weighted by Gasteiger charge is 2.13. The molecule has 0 saturated heterocycles. The highest BCUT2D eigenvalue weighted by atomic mass is 16.2. The van der Waals surface area contributed by atoms with Crippen molar-refractivity contribution in [3.05, 3.63) is 97.4 Å². The molecule has 4 aromatic rings. The Labute approximate surface area is 167 Å². The van der Waals surface area contributed by atoms with Crippen molar-refractivity contribution >= 4 is 17.1 Å². The van der Waals surface area contributed by atoms with Crippen molar-refractivity contribution in [3.8, 4) is 5.69 Å². The maximum absolute atomic E-state index is 12.7. The van der Waals surface area contributed by atoms with Crippen LogP contribution in [0, 0.1) is 27.7 Å². The number of hydrogen-bond donors (Lipinski definition) is 1. The van der Waals surface area contributed by atoms with Crippen LogP contribution in [0.1, 0.15) is 28.1 Å². The van der Waals surface area contributed by atoms with Gasteiger partial charge in [0.2, 0.25) is 0 Å². The van der Waals surface area contributed by atoms with Crippen LogP contribution in [0.15, 0.2) is 63.2 Å². The number of hydrogen-bond acceptors (Lipinski definition) is 3. The second-order valence-corrected chi connectivity index (χ2v) is 7.24. The zero-order chi connectivity index (χ0) is 20.7. The van der Waals surface area contributed by atoms with Gasteiger partial charge in [-0.15, -0.1) is 4.68 Å². The molecule has 4 rings (SSSR count). The lowest BCUT2D eigenvalue weighted by Gasteiger charge is -2.15. The van der Waals surface area contributed by atoms with Gasteiger partial charge in [0.05, 0.1) is 22.8 Å². The van der Waals surface area contributed by atoms with Crippen molar-refractivity contribution in [3.63, 3.8) is 0 Å². The Morgan fingerprint density at radius 3 is 2.34 bits per heavy atom. The van der Waals surface area contributed by atoms with Gasteiger partial charge in [-0.25, -0.2) is 4.79 Å². The van der Waals surface area contributed by atoms with E-state index in [9.17, 15) is 9.59 Å². The van der Waals surface area contributed by atoms with Crippen LogP contribution in [-0.4, -0.2) is 20.4 Å². The number of nitrogens with zero attached hydrogens (tertiary/aromatic N) is 3. The Morgan fingerprint density at radius 1 is 0.931 bits per heavy atom. The first-order valence-corrected chi connectivity index (χ1v) is 9.42. The van der Waals surface area contributed by atoms with Crippen LogP contribution in [0.2, 0.25) is 0 Å². The molecule has 6 nitrogen and oxygen atoms in total. The zero-order valence-corrected chi connectivity index (χ0v) is 16.9. The van der Waals surface area contributed by atoms with E-state index in [0.717, 1.165) is 27.3 Å². The Bertz CT molecular complexity index is 1370. The second-order valence-electron chi connectivity index (χ2n) is 7.24. The van der Waals surface area contributed by atoms with Crippen molar-refractivity contribution in [2.45, 2.75) is 27.7 Å². The minimum atomic E-state index is -0.562. The molecule has 0 fully saturated rings. The van der Waals surface area contributed by atoms with Gasteiger partial charge in [-0.2, -0.15) is 5.10 Å². The predicted molar refractivity (Wildman–Crippen MR) is 117 cm³/mol. The molecular formula is C23H22N4O2. The summed E-state index contributed by atoms with van der Waals surface area (Å²) in [5.74, 6) is 0. The molecule has 6 heteroatoms. The first kappa shape index (κ1) is 18.7. The van der Waals surface area contributed by atoms with Crippen molar-refractivity contribution in [2.75, 3.05) is 0 Å². The molecule has 0 saturated carbocycles. The summed E-state index contributed by atoms with van der Waals surface area (Å²) in [7, 11) is 0. The van der Waals surface area contributed by atoms with Gasteiger partial charge in [-0.1, -0.05) is 30.3 Å². The molecule has 2 heterocycles. The van der Waals surface area contributed by atoms with E-state index in [0.29, 0.717) is 10.9 Å². The first-order valence-electron chi connectivity index (χ1n) is 9.42. The average Bonchev–Trinajstić information content (AvgIpc) is 2.96. The van der Waals surface area contributed by atoms with Crippen LogP contribution in [0.4, 0.5) is 0 Å². The molecule has 0 unspecified atom stereocenters.